The van der Waals surface area contributed by atoms with Gasteiger partial charge in [-0.05, 0) is 193 Å². The zero-order chi connectivity index (χ0) is 64.0. The van der Waals surface area contributed by atoms with Gasteiger partial charge in [-0.3, -0.25) is 0 Å². The molecule has 6 heterocycles. The highest BCUT2D eigenvalue weighted by Crippen LogP contribution is 2.52. The Kier molecular flexibility index (Phi) is 21.0. The number of hydrogen-bond donors (Lipinski definition) is 2. The second-order valence-electron chi connectivity index (χ2n) is 26.6. The van der Waals surface area contributed by atoms with Crippen molar-refractivity contribution in [2.45, 2.75) is 143 Å². The van der Waals surface area contributed by atoms with E-state index in [0.717, 1.165) is 156 Å². The Morgan fingerprint density at radius 3 is 1.05 bits per heavy atom. The van der Waals surface area contributed by atoms with Gasteiger partial charge in [-0.25, -0.2) is 14.8 Å². The molecule has 10 bridgehead atoms. The Morgan fingerprint density at radius 1 is 0.394 bits per heavy atom. The van der Waals surface area contributed by atoms with Crippen LogP contribution in [-0.4, -0.2) is 58.8 Å². The Morgan fingerprint density at radius 2 is 0.713 bits per heavy atom. The number of benzene rings is 5. The molecule has 1 saturated carbocycles. The van der Waals surface area contributed by atoms with E-state index in [4.69, 9.17) is 28.9 Å². The maximum atomic E-state index is 13.9. The van der Waals surface area contributed by atoms with Gasteiger partial charge in [0.2, 0.25) is 0 Å². The molecule has 0 spiro atoms. The van der Waals surface area contributed by atoms with Gasteiger partial charge in [-0.15, -0.1) is 0 Å². The predicted octanol–water partition coefficient (Wildman–Crippen LogP) is 22.0. The van der Waals surface area contributed by atoms with Crippen LogP contribution in [0.2, 0.25) is 0 Å². The molecule has 94 heavy (non-hydrogen) atoms. The fourth-order valence-electron chi connectivity index (χ4n) is 14.8. The van der Waals surface area contributed by atoms with Crippen molar-refractivity contribution in [1.29, 1.82) is 0 Å². The van der Waals surface area contributed by atoms with E-state index in [1.807, 2.05) is 36.4 Å². The van der Waals surface area contributed by atoms with Gasteiger partial charge in [0.15, 0.2) is 0 Å². The molecular weight excluding hydrogens is 1160 g/mol. The molecule has 3 aliphatic heterocycles. The second kappa shape index (κ2) is 30.9. The van der Waals surface area contributed by atoms with Crippen LogP contribution in [0.1, 0.15) is 176 Å². The molecule has 2 N–H and O–H groups in total. The van der Waals surface area contributed by atoms with Gasteiger partial charge in [0.05, 0.1) is 48.2 Å². The van der Waals surface area contributed by atoms with Crippen molar-refractivity contribution in [1.82, 2.24) is 19.9 Å². The molecule has 0 radical (unpaired) electrons. The maximum Gasteiger partial charge on any atom is 0.343 e. The highest BCUT2D eigenvalue weighted by Gasteiger charge is 2.49. The van der Waals surface area contributed by atoms with Crippen molar-refractivity contribution >= 4 is 58.0 Å². The van der Waals surface area contributed by atoms with Crippen molar-refractivity contribution < 1.29 is 23.7 Å². The summed E-state index contributed by atoms with van der Waals surface area (Å²) >= 11 is 0. The molecule has 4 atom stereocenters. The molecule has 3 aromatic heterocycles. The number of aromatic amines is 2. The van der Waals surface area contributed by atoms with E-state index in [1.54, 1.807) is 0 Å². The molecule has 5 aliphatic rings. The largest absolute Gasteiger partial charge is 0.494 e. The summed E-state index contributed by atoms with van der Waals surface area (Å²) in [7, 11) is 0. The number of carbonyl (C=O) groups excluding carboxylic acids is 1. The van der Waals surface area contributed by atoms with Gasteiger partial charge in [0.1, 0.15) is 23.0 Å². The van der Waals surface area contributed by atoms with Crippen molar-refractivity contribution in [3.8, 4) is 67.5 Å². The van der Waals surface area contributed by atoms with E-state index in [1.165, 1.54) is 103 Å². The fourth-order valence-corrected chi connectivity index (χ4v) is 14.8. The predicted molar refractivity (Wildman–Crippen MR) is 389 cm³/mol. The molecule has 13 rings (SSSR count). The summed E-state index contributed by atoms with van der Waals surface area (Å²) in [5, 5.41) is 0. The molecule has 8 aromatic rings. The summed E-state index contributed by atoms with van der Waals surface area (Å²) in [6, 6.07) is 49.9. The lowest BCUT2D eigenvalue weighted by atomic mass is 9.86. The van der Waals surface area contributed by atoms with Gasteiger partial charge >= 0.3 is 5.97 Å². The monoisotopic (exact) mass is 1250 g/mol. The van der Waals surface area contributed by atoms with Gasteiger partial charge in [-0.1, -0.05) is 178 Å². The Hall–Kier alpha value is -8.89. The Labute approximate surface area is 556 Å². The smallest absolute Gasteiger partial charge is 0.343 e. The van der Waals surface area contributed by atoms with Crippen molar-refractivity contribution in [3.63, 3.8) is 0 Å². The first-order valence-corrected chi connectivity index (χ1v) is 35.6. The topological polar surface area (TPSA) is 115 Å². The minimum Gasteiger partial charge on any atom is -0.494 e. The highest BCUT2D eigenvalue weighted by atomic mass is 16.5. The third-order valence-electron chi connectivity index (χ3n) is 20.0. The number of nitrogens with one attached hydrogen (secondary N) is 2. The van der Waals surface area contributed by atoms with E-state index in [0.29, 0.717) is 43.0 Å². The minimum atomic E-state index is -0.391. The molecule has 0 amide bonds. The molecular formula is C84H93N5O5. The number of anilines is 1. The zero-order valence-corrected chi connectivity index (χ0v) is 55.5. The van der Waals surface area contributed by atoms with Gasteiger partial charge < -0.3 is 33.8 Å². The van der Waals surface area contributed by atoms with Gasteiger partial charge in [0, 0.05) is 63.1 Å². The molecule has 0 unspecified atom stereocenters. The van der Waals surface area contributed by atoms with Gasteiger partial charge in [-0.2, -0.15) is 0 Å². The summed E-state index contributed by atoms with van der Waals surface area (Å²) in [5.41, 5.74) is 16.2. The summed E-state index contributed by atoms with van der Waals surface area (Å²) < 4.78 is 25.1. The van der Waals surface area contributed by atoms with Crippen LogP contribution < -0.4 is 23.8 Å². The second-order valence-corrected chi connectivity index (χ2v) is 26.6. The van der Waals surface area contributed by atoms with Crippen molar-refractivity contribution in [2.24, 2.45) is 23.7 Å². The first-order valence-electron chi connectivity index (χ1n) is 35.6. The lowest BCUT2D eigenvalue weighted by Gasteiger charge is -2.21. The number of nitrogens with zero attached hydrogens (tertiary/aromatic N) is 3. The molecule has 484 valence electrons. The minimum absolute atomic E-state index is 0.391. The number of carbonyl (C=O) groups is 1. The molecule has 2 fully saturated rings. The lowest BCUT2D eigenvalue weighted by Crippen LogP contribution is -2.22. The molecule has 5 aromatic carbocycles. The number of H-pyrrole nitrogens is 2. The van der Waals surface area contributed by atoms with Crippen molar-refractivity contribution in [2.75, 3.05) is 37.8 Å². The van der Waals surface area contributed by atoms with Crippen LogP contribution in [0.5, 0.6) is 23.0 Å². The number of esters is 1. The number of allylic oxidation sites excluding steroid dienone is 2. The summed E-state index contributed by atoms with van der Waals surface area (Å²) in [4.78, 5) is 35.4. The summed E-state index contributed by atoms with van der Waals surface area (Å²) in [6.45, 7) is 11.0. The molecule has 10 heteroatoms. The first kappa shape index (κ1) is 63.8. The highest BCUT2D eigenvalue weighted by molar-refractivity contribution is 6.00. The van der Waals surface area contributed by atoms with Crippen LogP contribution >= 0.6 is 0 Å². The number of hydrogen-bond acceptors (Lipinski definition) is 8. The van der Waals surface area contributed by atoms with Crippen LogP contribution in [0.15, 0.2) is 158 Å². The van der Waals surface area contributed by atoms with Crippen LogP contribution in [0.3, 0.4) is 0 Å². The average molecular weight is 1250 g/mol. The quantitative estimate of drug-likeness (QED) is 0.0191. The fraction of sp³-hybridized carbons (Fsp3) is 0.369. The molecule has 2 aliphatic carbocycles. The van der Waals surface area contributed by atoms with E-state index in [-0.39, 0.29) is 0 Å². The summed E-state index contributed by atoms with van der Waals surface area (Å²) in [5.74, 6) is 5.52. The van der Waals surface area contributed by atoms with Crippen LogP contribution in [-0.2, 0) is 0 Å². The Bertz CT molecular complexity index is 4040. The van der Waals surface area contributed by atoms with E-state index >= 15 is 0 Å². The van der Waals surface area contributed by atoms with E-state index < -0.39 is 5.97 Å². The van der Waals surface area contributed by atoms with Crippen LogP contribution in [0, 0.1) is 23.7 Å². The molecule has 10 nitrogen and oxygen atoms in total. The lowest BCUT2D eigenvalue weighted by molar-refractivity contribution is 0.0734. The normalized spacial score (nSPS) is 16.7. The van der Waals surface area contributed by atoms with Gasteiger partial charge in [0.25, 0.3) is 0 Å². The number of unbranched alkanes of at least 4 members (excludes halogenated alkanes) is 15. The number of aromatic nitrogens is 4. The van der Waals surface area contributed by atoms with E-state index in [2.05, 4.69) is 181 Å². The Balaban J connectivity index is 0.885. The van der Waals surface area contributed by atoms with Crippen LogP contribution in [0.4, 0.5) is 5.69 Å². The maximum absolute atomic E-state index is 13.9. The average Bonchev–Trinajstić information content (AvgIpc) is 1.62. The molecule has 1 saturated heterocycles. The number of rotatable bonds is 31. The third-order valence-corrected chi connectivity index (χ3v) is 20.0. The van der Waals surface area contributed by atoms with Crippen LogP contribution in [0.25, 0.3) is 90.9 Å². The third kappa shape index (κ3) is 15.0. The number of ether oxygens (including phenoxy) is 4. The zero-order valence-electron chi connectivity index (χ0n) is 55.5. The summed E-state index contributed by atoms with van der Waals surface area (Å²) in [6.07, 6.45) is 36.5. The first-order chi connectivity index (χ1) is 46.4. The number of fused-ring (bicyclic) bond motifs is 13. The van der Waals surface area contributed by atoms with E-state index in [9.17, 15) is 4.79 Å². The van der Waals surface area contributed by atoms with Crippen molar-refractivity contribution in [3.05, 3.63) is 186 Å². The standard InChI is InChI=1S/C84H93N5O5/c1-4-7-10-13-16-19-52-91-66-36-26-58(27-37-66)80-72-44-46-74(85-72)81(59-28-38-67(39-29-59)92-53-20-17-14-11-8-5-2)76-48-50-78(87-76)83(61-32-42-69(43-33-61)94-84(90)62-24-34-65(35-25-62)89-56-70-63-22-23-64(55-63)71(70)57-89)79-51-49-77(88-79)82(75-47-45-73(80)86-75)60-30-40-68(41-31-60)93-54-21-18-15-12-9-6-3/h22-51,63-64,70-71,85,88H,4-21,52-57H2,1-3H3/t63-,64+,70-,71+. The SMILES string of the molecule is CCCCCCCCOc1ccc(-c2c3nc(c(-c4ccc(OCCCCCCCC)cc4)c4ccc([nH]4)c(-c4ccc(OC(=O)c5ccc(N6C[C@@H]7[C@H](C6)[C@@H]6C=C[C@H]7C6)cc5)cc4)c4nc(c(-c5ccc(OCCCCCCCC)cc5)c5ccc2[nH]5)C=C4)C=C3)cc1.